The summed E-state index contributed by atoms with van der Waals surface area (Å²) < 4.78 is 5.42. The first-order valence-corrected chi connectivity index (χ1v) is 9.09. The van der Waals surface area contributed by atoms with Gasteiger partial charge in [0.05, 0.1) is 11.8 Å². The highest BCUT2D eigenvalue weighted by molar-refractivity contribution is 7.15. The molecule has 0 spiro atoms. The number of amides is 1. The highest BCUT2D eigenvalue weighted by Crippen LogP contribution is 2.25. The molecule has 2 aromatic heterocycles. The molecule has 134 valence electrons. The summed E-state index contributed by atoms with van der Waals surface area (Å²) in [7, 11) is 0. The Kier molecular flexibility index (Phi) is 4.67. The van der Waals surface area contributed by atoms with Gasteiger partial charge < -0.3 is 10.3 Å². The lowest BCUT2D eigenvalue weighted by atomic mass is 10.1. The molecule has 0 fully saturated rings. The van der Waals surface area contributed by atoms with Crippen molar-refractivity contribution in [1.82, 2.24) is 4.98 Å². The van der Waals surface area contributed by atoms with Gasteiger partial charge in [-0.2, -0.15) is 5.10 Å². The molecule has 4 rings (SSSR count). The molecule has 0 aliphatic rings. The number of nitrogens with zero attached hydrogens (tertiary/aromatic N) is 2. The molecule has 0 unspecified atom stereocenters. The molecule has 0 saturated heterocycles. The van der Waals surface area contributed by atoms with Crippen LogP contribution in [0.15, 0.2) is 70.5 Å². The molecule has 0 saturated carbocycles. The third-order valence-corrected chi connectivity index (χ3v) is 4.99. The van der Waals surface area contributed by atoms with Crippen LogP contribution in [0.4, 0.5) is 5.13 Å². The molecular formula is C20H16N4O2S. The van der Waals surface area contributed by atoms with Crippen LogP contribution in [0.3, 0.4) is 0 Å². The lowest BCUT2D eigenvalue weighted by molar-refractivity contribution is 0.102. The van der Waals surface area contributed by atoms with Gasteiger partial charge in [-0.25, -0.2) is 4.98 Å². The van der Waals surface area contributed by atoms with E-state index in [1.54, 1.807) is 12.4 Å². The average molecular weight is 376 g/mol. The van der Waals surface area contributed by atoms with E-state index in [1.807, 2.05) is 48.5 Å². The number of hydrogen-bond donors (Lipinski definition) is 2. The van der Waals surface area contributed by atoms with Gasteiger partial charge in [0, 0.05) is 22.9 Å². The Hall–Kier alpha value is -3.45. The van der Waals surface area contributed by atoms with Crippen LogP contribution >= 0.6 is 11.3 Å². The fraction of sp³-hybridized carbons (Fsp3) is 0.0500. The normalized spacial score (nSPS) is 11.3. The Labute approximate surface area is 159 Å². The average Bonchev–Trinajstić information content (AvgIpc) is 3.30. The maximum Gasteiger partial charge on any atom is 0.261 e. The van der Waals surface area contributed by atoms with Gasteiger partial charge in [0.15, 0.2) is 5.13 Å². The lowest BCUT2D eigenvalue weighted by Crippen LogP contribution is -2.10. The minimum Gasteiger partial charge on any atom is -0.463 e. The number of nitrogens with two attached hydrogens (primary N) is 1. The fourth-order valence-electron chi connectivity index (χ4n) is 2.77. The maximum absolute atomic E-state index is 12.5. The second-order valence-corrected chi connectivity index (χ2v) is 7.04. The summed E-state index contributed by atoms with van der Waals surface area (Å²) in [4.78, 5) is 17.9. The highest BCUT2D eigenvalue weighted by Gasteiger charge is 2.15. The lowest BCUT2D eigenvalue weighted by Gasteiger charge is -2.00. The van der Waals surface area contributed by atoms with Crippen molar-refractivity contribution in [1.29, 1.82) is 0 Å². The molecule has 7 heteroatoms. The van der Waals surface area contributed by atoms with Crippen molar-refractivity contribution in [2.75, 3.05) is 5.32 Å². The number of fused-ring (bicyclic) bond motifs is 1. The number of furan rings is 1. The molecule has 0 radical (unpaired) electrons. The molecule has 2 aromatic carbocycles. The summed E-state index contributed by atoms with van der Waals surface area (Å²) in [5.74, 6) is 4.92. The minimum absolute atomic E-state index is 0.230. The van der Waals surface area contributed by atoms with Crippen molar-refractivity contribution in [3.8, 4) is 0 Å². The van der Waals surface area contributed by atoms with E-state index < -0.39 is 0 Å². The molecule has 0 aliphatic heterocycles. The Morgan fingerprint density at radius 3 is 2.85 bits per heavy atom. The number of hydrazone groups is 1. The van der Waals surface area contributed by atoms with Gasteiger partial charge in [-0.1, -0.05) is 42.5 Å². The zero-order chi connectivity index (χ0) is 18.6. The molecule has 2 heterocycles. The summed E-state index contributed by atoms with van der Waals surface area (Å²) in [5.41, 5.74) is 3.28. The zero-order valence-corrected chi connectivity index (χ0v) is 15.1. The van der Waals surface area contributed by atoms with E-state index in [1.165, 1.54) is 17.6 Å². The van der Waals surface area contributed by atoms with E-state index in [2.05, 4.69) is 15.4 Å². The predicted octanol–water partition coefficient (Wildman–Crippen LogP) is 4.03. The van der Waals surface area contributed by atoms with E-state index in [9.17, 15) is 4.79 Å². The van der Waals surface area contributed by atoms with Crippen LogP contribution in [0.25, 0.3) is 11.0 Å². The number of rotatable bonds is 5. The molecule has 1 amide bonds. The first kappa shape index (κ1) is 17.0. The number of thiazole rings is 1. The summed E-state index contributed by atoms with van der Waals surface area (Å²) in [6.07, 6.45) is 5.59. The number of carbonyl (C=O) groups is 1. The number of anilines is 1. The standard InChI is InChI=1S/C20H16N4O2S/c21-23-10-14-7-5-13(6-8-14)9-15-11-22-20(27-15)24-19(25)17-12-26-18-4-2-1-3-16(17)18/h1-8,10-12H,9,21H2,(H,22,24,25). The van der Waals surface area contributed by atoms with Crippen LogP contribution in [-0.4, -0.2) is 17.1 Å². The van der Waals surface area contributed by atoms with Gasteiger partial charge in [0.2, 0.25) is 0 Å². The van der Waals surface area contributed by atoms with E-state index in [0.29, 0.717) is 16.3 Å². The molecule has 6 nitrogen and oxygen atoms in total. The molecule has 3 N–H and O–H groups in total. The number of nitrogens with one attached hydrogen (secondary N) is 1. The quantitative estimate of drug-likeness (QED) is 0.312. The van der Waals surface area contributed by atoms with Crippen LogP contribution in [-0.2, 0) is 6.42 Å². The summed E-state index contributed by atoms with van der Waals surface area (Å²) in [6.45, 7) is 0. The molecule has 4 aromatic rings. The number of hydrogen-bond acceptors (Lipinski definition) is 6. The van der Waals surface area contributed by atoms with Crippen LogP contribution < -0.4 is 11.2 Å². The molecular weight excluding hydrogens is 360 g/mol. The first-order valence-electron chi connectivity index (χ1n) is 8.27. The topological polar surface area (TPSA) is 93.5 Å². The van der Waals surface area contributed by atoms with Crippen molar-refractivity contribution in [2.45, 2.75) is 6.42 Å². The van der Waals surface area contributed by atoms with Gasteiger partial charge in [-0.3, -0.25) is 10.1 Å². The number of carbonyl (C=O) groups excluding carboxylic acids is 1. The third-order valence-electron chi connectivity index (χ3n) is 4.08. The first-order chi connectivity index (χ1) is 13.2. The van der Waals surface area contributed by atoms with Crippen molar-refractivity contribution < 1.29 is 9.21 Å². The van der Waals surface area contributed by atoms with Gasteiger partial charge in [-0.05, 0) is 17.2 Å². The zero-order valence-electron chi connectivity index (χ0n) is 14.3. The van der Waals surface area contributed by atoms with Gasteiger partial charge >= 0.3 is 0 Å². The van der Waals surface area contributed by atoms with Gasteiger partial charge in [0.25, 0.3) is 5.91 Å². The van der Waals surface area contributed by atoms with E-state index in [-0.39, 0.29) is 5.91 Å². The van der Waals surface area contributed by atoms with Crippen molar-refractivity contribution in [3.63, 3.8) is 0 Å². The van der Waals surface area contributed by atoms with Crippen LogP contribution in [0.2, 0.25) is 0 Å². The molecule has 0 bridgehead atoms. The predicted molar refractivity (Wildman–Crippen MR) is 107 cm³/mol. The van der Waals surface area contributed by atoms with Crippen LogP contribution in [0, 0.1) is 0 Å². The van der Waals surface area contributed by atoms with Crippen LogP contribution in [0.1, 0.15) is 26.4 Å². The van der Waals surface area contributed by atoms with Crippen molar-refractivity contribution in [2.24, 2.45) is 10.9 Å². The maximum atomic E-state index is 12.5. The SMILES string of the molecule is NN=Cc1ccc(Cc2cnc(NC(=O)c3coc4ccccc34)s2)cc1. The van der Waals surface area contributed by atoms with E-state index in [4.69, 9.17) is 10.3 Å². The third kappa shape index (κ3) is 3.73. The molecule has 27 heavy (non-hydrogen) atoms. The number of aromatic nitrogens is 1. The summed E-state index contributed by atoms with van der Waals surface area (Å²) in [6, 6.07) is 15.4. The monoisotopic (exact) mass is 376 g/mol. The Morgan fingerprint density at radius 1 is 1.22 bits per heavy atom. The largest absolute Gasteiger partial charge is 0.463 e. The number of benzene rings is 2. The Bertz CT molecular complexity index is 1110. The minimum atomic E-state index is -0.230. The summed E-state index contributed by atoms with van der Waals surface area (Å²) in [5, 5.41) is 7.70. The highest BCUT2D eigenvalue weighted by atomic mass is 32.1. The molecule has 0 aliphatic carbocycles. The Balaban J connectivity index is 1.45. The smallest absolute Gasteiger partial charge is 0.261 e. The second kappa shape index (κ2) is 7.43. The Morgan fingerprint density at radius 2 is 2.04 bits per heavy atom. The van der Waals surface area contributed by atoms with Gasteiger partial charge in [-0.15, -0.1) is 11.3 Å². The van der Waals surface area contributed by atoms with Crippen molar-refractivity contribution >= 4 is 39.6 Å². The summed E-state index contributed by atoms with van der Waals surface area (Å²) >= 11 is 1.45. The van der Waals surface area contributed by atoms with E-state index >= 15 is 0 Å². The van der Waals surface area contributed by atoms with Crippen LogP contribution in [0.5, 0.6) is 0 Å². The second-order valence-electron chi connectivity index (χ2n) is 5.93. The number of para-hydroxylation sites is 1. The molecule has 0 atom stereocenters. The van der Waals surface area contributed by atoms with Gasteiger partial charge in [0.1, 0.15) is 11.8 Å². The van der Waals surface area contributed by atoms with Crippen molar-refractivity contribution in [3.05, 3.63) is 82.6 Å². The van der Waals surface area contributed by atoms with E-state index in [0.717, 1.165) is 27.8 Å². The fourth-order valence-corrected chi connectivity index (χ4v) is 3.62.